The van der Waals surface area contributed by atoms with Gasteiger partial charge in [-0.2, -0.15) is 5.26 Å². The number of nitrogens with zero attached hydrogens (tertiary/aromatic N) is 3. The molecule has 1 atom stereocenters. The first-order valence-electron chi connectivity index (χ1n) is 12.0. The molecular formula is C27H33N3O3. The number of furan rings is 1. The summed E-state index contributed by atoms with van der Waals surface area (Å²) in [4.78, 5) is 17.5. The Balaban J connectivity index is 1.46. The van der Waals surface area contributed by atoms with Crippen LogP contribution in [0.5, 0.6) is 0 Å². The van der Waals surface area contributed by atoms with Crippen molar-refractivity contribution in [2.24, 2.45) is 0 Å². The molecule has 1 saturated heterocycles. The molecule has 1 aromatic heterocycles. The molecule has 0 spiro atoms. The second-order valence-electron chi connectivity index (χ2n) is 10.5. The van der Waals surface area contributed by atoms with E-state index in [2.05, 4.69) is 37.8 Å². The lowest BCUT2D eigenvalue weighted by Crippen LogP contribution is -2.54. The second kappa shape index (κ2) is 7.92. The molecule has 1 aliphatic carbocycles. The molecule has 0 radical (unpaired) electrons. The molecular weight excluding hydrogens is 414 g/mol. The summed E-state index contributed by atoms with van der Waals surface area (Å²) in [5.41, 5.74) is 5.98. The molecule has 6 heteroatoms. The molecule has 5 rings (SSSR count). The van der Waals surface area contributed by atoms with Crippen molar-refractivity contribution in [2.75, 3.05) is 24.5 Å². The van der Waals surface area contributed by atoms with E-state index in [1.807, 2.05) is 24.8 Å². The summed E-state index contributed by atoms with van der Waals surface area (Å²) in [6, 6.07) is 6.66. The van der Waals surface area contributed by atoms with Crippen molar-refractivity contribution in [3.05, 3.63) is 51.5 Å². The van der Waals surface area contributed by atoms with Crippen molar-refractivity contribution in [3.8, 4) is 6.07 Å². The highest BCUT2D eigenvalue weighted by Gasteiger charge is 2.37. The van der Waals surface area contributed by atoms with Gasteiger partial charge in [0.15, 0.2) is 0 Å². The van der Waals surface area contributed by atoms with Crippen LogP contribution in [0.2, 0.25) is 0 Å². The van der Waals surface area contributed by atoms with Gasteiger partial charge in [-0.1, -0.05) is 0 Å². The Morgan fingerprint density at radius 3 is 2.55 bits per heavy atom. The Morgan fingerprint density at radius 1 is 1.18 bits per heavy atom. The van der Waals surface area contributed by atoms with Gasteiger partial charge in [-0.25, -0.2) is 0 Å². The third-order valence-electron chi connectivity index (χ3n) is 7.40. The highest BCUT2D eigenvalue weighted by molar-refractivity contribution is 5.95. The van der Waals surface area contributed by atoms with Crippen LogP contribution >= 0.6 is 0 Å². The predicted molar refractivity (Wildman–Crippen MR) is 127 cm³/mol. The molecule has 33 heavy (non-hydrogen) atoms. The minimum absolute atomic E-state index is 0.0278. The van der Waals surface area contributed by atoms with Gasteiger partial charge < -0.3 is 19.0 Å². The lowest BCUT2D eigenvalue weighted by atomic mass is 9.84. The van der Waals surface area contributed by atoms with E-state index in [-0.39, 0.29) is 17.6 Å². The maximum Gasteiger partial charge on any atom is 0.257 e. The average molecular weight is 448 g/mol. The van der Waals surface area contributed by atoms with Gasteiger partial charge >= 0.3 is 0 Å². The zero-order valence-electron chi connectivity index (χ0n) is 20.3. The van der Waals surface area contributed by atoms with E-state index >= 15 is 0 Å². The van der Waals surface area contributed by atoms with Crippen molar-refractivity contribution >= 4 is 11.6 Å². The highest BCUT2D eigenvalue weighted by Crippen LogP contribution is 2.47. The van der Waals surface area contributed by atoms with Crippen LogP contribution in [0.25, 0.3) is 0 Å². The van der Waals surface area contributed by atoms with Gasteiger partial charge in [-0.05, 0) is 82.2 Å². The number of benzene rings is 1. The van der Waals surface area contributed by atoms with Crippen LogP contribution in [-0.4, -0.2) is 42.1 Å². The van der Waals surface area contributed by atoms with Crippen molar-refractivity contribution in [3.63, 3.8) is 0 Å². The second-order valence-corrected chi connectivity index (χ2v) is 10.5. The molecule has 3 aliphatic rings. The van der Waals surface area contributed by atoms with E-state index in [9.17, 15) is 10.1 Å². The zero-order valence-corrected chi connectivity index (χ0v) is 20.3. The topological polar surface area (TPSA) is 69.7 Å². The molecule has 3 heterocycles. The molecule has 1 unspecified atom stereocenters. The van der Waals surface area contributed by atoms with E-state index in [1.54, 1.807) is 0 Å². The maximum atomic E-state index is 13.2. The number of amides is 1. The van der Waals surface area contributed by atoms with E-state index in [0.717, 1.165) is 23.4 Å². The number of hydrogen-bond donors (Lipinski definition) is 0. The average Bonchev–Trinajstić information content (AvgIpc) is 3.54. The van der Waals surface area contributed by atoms with Gasteiger partial charge in [0.25, 0.3) is 5.91 Å². The van der Waals surface area contributed by atoms with Gasteiger partial charge in [0.05, 0.1) is 29.0 Å². The Labute approximate surface area is 196 Å². The Hall–Kier alpha value is -2.78. The van der Waals surface area contributed by atoms with Gasteiger partial charge in [0.2, 0.25) is 0 Å². The normalized spacial score (nSPS) is 22.1. The molecule has 6 nitrogen and oxygen atoms in total. The van der Waals surface area contributed by atoms with Crippen molar-refractivity contribution in [2.45, 2.75) is 78.0 Å². The number of rotatable bonds is 3. The van der Waals surface area contributed by atoms with E-state index in [0.29, 0.717) is 43.5 Å². The molecule has 1 amide bonds. The van der Waals surface area contributed by atoms with Gasteiger partial charge in [0, 0.05) is 32.1 Å². The van der Waals surface area contributed by atoms with Crippen LogP contribution in [0.3, 0.4) is 0 Å². The number of carbonyl (C=O) groups excluding carboxylic acids is 1. The maximum absolute atomic E-state index is 13.2. The molecule has 0 bridgehead atoms. The van der Waals surface area contributed by atoms with Gasteiger partial charge in [0.1, 0.15) is 17.6 Å². The van der Waals surface area contributed by atoms with E-state index < -0.39 is 0 Å². The first-order chi connectivity index (χ1) is 15.7. The molecule has 1 saturated carbocycles. The first-order valence-corrected chi connectivity index (χ1v) is 12.0. The summed E-state index contributed by atoms with van der Waals surface area (Å²) in [7, 11) is 0. The standard InChI is InChI=1S/C27H33N3O3/c1-16-14-29(8-9-30(16)26(31)20-10-17(2)33-18(20)3)25-11-21(19-6-7-19)24-15-32-27(4,5)12-22(24)23(25)13-28/h10-11,16,19H,6-9,12,14-15H2,1-5H3. The molecule has 1 aromatic carbocycles. The van der Waals surface area contributed by atoms with Crippen molar-refractivity contribution < 1.29 is 13.9 Å². The lowest BCUT2D eigenvalue weighted by Gasteiger charge is -2.42. The third-order valence-corrected chi connectivity index (χ3v) is 7.40. The monoisotopic (exact) mass is 447 g/mol. The van der Waals surface area contributed by atoms with Crippen LogP contribution in [0.1, 0.15) is 83.7 Å². The molecule has 174 valence electrons. The van der Waals surface area contributed by atoms with E-state index in [4.69, 9.17) is 9.15 Å². The fourth-order valence-electron chi connectivity index (χ4n) is 5.50. The van der Waals surface area contributed by atoms with Crippen LogP contribution < -0.4 is 4.90 Å². The van der Waals surface area contributed by atoms with Crippen LogP contribution in [0, 0.1) is 25.2 Å². The molecule has 2 aliphatic heterocycles. The summed E-state index contributed by atoms with van der Waals surface area (Å²) in [5, 5.41) is 10.2. The zero-order chi connectivity index (χ0) is 23.5. The van der Waals surface area contributed by atoms with Gasteiger partial charge in [-0.3, -0.25) is 4.79 Å². The number of carbonyl (C=O) groups is 1. The summed E-state index contributed by atoms with van der Waals surface area (Å²) >= 11 is 0. The highest BCUT2D eigenvalue weighted by atomic mass is 16.5. The molecule has 2 aromatic rings. The lowest BCUT2D eigenvalue weighted by molar-refractivity contribution is -0.0405. The van der Waals surface area contributed by atoms with Crippen LogP contribution in [0.15, 0.2) is 16.5 Å². The fraction of sp³-hybridized carbons (Fsp3) is 0.556. The number of aryl methyl sites for hydroxylation is 2. The van der Waals surface area contributed by atoms with Gasteiger partial charge in [-0.15, -0.1) is 0 Å². The minimum atomic E-state index is -0.267. The quantitative estimate of drug-likeness (QED) is 0.673. The Bertz CT molecular complexity index is 1150. The van der Waals surface area contributed by atoms with E-state index in [1.165, 1.54) is 29.5 Å². The minimum Gasteiger partial charge on any atom is -0.466 e. The molecule has 0 N–H and O–H groups in total. The summed E-state index contributed by atoms with van der Waals surface area (Å²) in [6.45, 7) is 12.6. The number of nitriles is 1. The Kier molecular flexibility index (Phi) is 5.29. The smallest absolute Gasteiger partial charge is 0.257 e. The third kappa shape index (κ3) is 3.93. The van der Waals surface area contributed by atoms with Crippen molar-refractivity contribution in [1.29, 1.82) is 5.26 Å². The SMILES string of the molecule is Cc1cc(C(=O)N2CCN(c3cc(C4CC4)c4c(c3C#N)CC(C)(C)OC4)CC2C)c(C)o1. The van der Waals surface area contributed by atoms with Crippen molar-refractivity contribution in [1.82, 2.24) is 4.90 Å². The summed E-state index contributed by atoms with van der Waals surface area (Å²) in [6.07, 6.45) is 3.18. The van der Waals surface area contributed by atoms with Crippen LogP contribution in [0.4, 0.5) is 5.69 Å². The fourth-order valence-corrected chi connectivity index (χ4v) is 5.50. The number of ether oxygens (including phenoxy) is 1. The number of anilines is 1. The largest absolute Gasteiger partial charge is 0.466 e. The number of hydrogen-bond acceptors (Lipinski definition) is 5. The number of piperazine rings is 1. The summed E-state index contributed by atoms with van der Waals surface area (Å²) < 4.78 is 11.7. The van der Waals surface area contributed by atoms with Crippen LogP contribution in [-0.2, 0) is 17.8 Å². The molecule has 2 fully saturated rings. The number of fused-ring (bicyclic) bond motifs is 1. The Morgan fingerprint density at radius 2 is 1.94 bits per heavy atom. The first kappa shape index (κ1) is 22.0. The summed E-state index contributed by atoms with van der Waals surface area (Å²) in [5.74, 6) is 2.05. The predicted octanol–water partition coefficient (Wildman–Crippen LogP) is 4.85.